The first-order chi connectivity index (χ1) is 9.97. The zero-order valence-electron chi connectivity index (χ0n) is 11.3. The van der Waals surface area contributed by atoms with Crippen LogP contribution in [0.4, 0.5) is 11.4 Å². The maximum absolute atomic E-state index is 12.0. The number of benzene rings is 2. The minimum atomic E-state index is -0.459. The van der Waals surface area contributed by atoms with Crippen molar-refractivity contribution in [2.45, 2.75) is 13.3 Å². The summed E-state index contributed by atoms with van der Waals surface area (Å²) in [4.78, 5) is 22.4. The number of nitro groups is 1. The molecule has 0 aliphatic rings. The van der Waals surface area contributed by atoms with Gasteiger partial charge in [-0.25, -0.2) is 0 Å². The summed E-state index contributed by atoms with van der Waals surface area (Å²) in [6.45, 7) is 1.62. The monoisotopic (exact) mass is 348 g/mol. The van der Waals surface area contributed by atoms with Crippen LogP contribution in [-0.2, 0) is 11.2 Å². The first-order valence-electron chi connectivity index (χ1n) is 6.25. The molecule has 0 aliphatic carbocycles. The maximum Gasteiger partial charge on any atom is 0.274 e. The molecule has 108 valence electrons. The first-order valence-corrected chi connectivity index (χ1v) is 7.05. The number of anilines is 1. The van der Waals surface area contributed by atoms with Crippen molar-refractivity contribution in [1.29, 1.82) is 0 Å². The molecule has 21 heavy (non-hydrogen) atoms. The minimum Gasteiger partial charge on any atom is -0.325 e. The number of halogens is 1. The predicted molar refractivity (Wildman–Crippen MR) is 84.3 cm³/mol. The molecule has 0 atom stereocenters. The Morgan fingerprint density at radius 3 is 2.67 bits per heavy atom. The van der Waals surface area contributed by atoms with Gasteiger partial charge in [0, 0.05) is 10.5 Å². The molecule has 0 spiro atoms. The number of nitrogens with one attached hydrogen (secondary N) is 1. The molecule has 0 radical (unpaired) electrons. The highest BCUT2D eigenvalue weighted by atomic mass is 79.9. The summed E-state index contributed by atoms with van der Waals surface area (Å²) in [5.74, 6) is -0.211. The molecular weight excluding hydrogens is 336 g/mol. The lowest BCUT2D eigenvalue weighted by Gasteiger charge is -2.08. The van der Waals surface area contributed by atoms with Crippen LogP contribution in [0.15, 0.2) is 46.9 Å². The average Bonchev–Trinajstić information content (AvgIpc) is 2.40. The van der Waals surface area contributed by atoms with E-state index in [0.29, 0.717) is 11.3 Å². The summed E-state index contributed by atoms with van der Waals surface area (Å²) in [5.41, 5.74) is 1.77. The van der Waals surface area contributed by atoms with Crippen molar-refractivity contribution in [3.8, 4) is 0 Å². The Kier molecular flexibility index (Phi) is 4.70. The molecule has 1 N–H and O–H groups in total. The number of hydrogen-bond donors (Lipinski definition) is 1. The van der Waals surface area contributed by atoms with Crippen molar-refractivity contribution in [1.82, 2.24) is 0 Å². The van der Waals surface area contributed by atoms with Gasteiger partial charge in [-0.2, -0.15) is 0 Å². The van der Waals surface area contributed by atoms with E-state index in [-0.39, 0.29) is 18.0 Å². The summed E-state index contributed by atoms with van der Waals surface area (Å²) < 4.78 is 0.902. The summed E-state index contributed by atoms with van der Waals surface area (Å²) >= 11 is 3.35. The fourth-order valence-corrected chi connectivity index (χ4v) is 2.43. The molecule has 2 aromatic rings. The topological polar surface area (TPSA) is 72.2 Å². The van der Waals surface area contributed by atoms with Gasteiger partial charge < -0.3 is 5.32 Å². The van der Waals surface area contributed by atoms with Gasteiger partial charge >= 0.3 is 0 Å². The fourth-order valence-electron chi connectivity index (χ4n) is 1.98. The van der Waals surface area contributed by atoms with E-state index in [1.165, 1.54) is 6.07 Å². The Hall–Kier alpha value is -2.21. The molecule has 0 aromatic heterocycles. The molecule has 0 heterocycles. The third-order valence-corrected chi connectivity index (χ3v) is 3.52. The second kappa shape index (κ2) is 6.49. The molecule has 6 heteroatoms. The van der Waals surface area contributed by atoms with Gasteiger partial charge in [-0.3, -0.25) is 14.9 Å². The molecule has 5 nitrogen and oxygen atoms in total. The molecule has 2 rings (SSSR count). The number of rotatable bonds is 4. The lowest BCUT2D eigenvalue weighted by Crippen LogP contribution is -2.15. The fraction of sp³-hybridized carbons (Fsp3) is 0.133. The first kappa shape index (κ1) is 15.2. The van der Waals surface area contributed by atoms with Gasteiger partial charge in [0.05, 0.1) is 22.6 Å². The molecule has 1 amide bonds. The Labute approximate surface area is 130 Å². The van der Waals surface area contributed by atoms with Crippen LogP contribution < -0.4 is 5.32 Å². The lowest BCUT2D eigenvalue weighted by molar-refractivity contribution is -0.385. The summed E-state index contributed by atoms with van der Waals surface area (Å²) in [6, 6.07) is 12.1. The third kappa shape index (κ3) is 3.88. The molecule has 2 aromatic carbocycles. The van der Waals surface area contributed by atoms with E-state index >= 15 is 0 Å². The van der Waals surface area contributed by atoms with Gasteiger partial charge in [-0.05, 0) is 30.7 Å². The number of carbonyl (C=O) groups excluding carboxylic acids is 1. The zero-order valence-corrected chi connectivity index (χ0v) is 12.9. The second-order valence-electron chi connectivity index (χ2n) is 4.56. The van der Waals surface area contributed by atoms with Crippen molar-refractivity contribution in [3.63, 3.8) is 0 Å². The third-order valence-electron chi connectivity index (χ3n) is 3.03. The van der Waals surface area contributed by atoms with E-state index < -0.39 is 4.92 Å². The van der Waals surface area contributed by atoms with Crippen LogP contribution in [0.25, 0.3) is 0 Å². The van der Waals surface area contributed by atoms with Crippen LogP contribution in [0.5, 0.6) is 0 Å². The van der Waals surface area contributed by atoms with Crippen molar-refractivity contribution in [3.05, 3.63) is 68.2 Å². The molecule has 0 fully saturated rings. The van der Waals surface area contributed by atoms with E-state index in [2.05, 4.69) is 21.2 Å². The highest BCUT2D eigenvalue weighted by molar-refractivity contribution is 9.10. The number of nitro benzene ring substituents is 1. The van der Waals surface area contributed by atoms with Crippen molar-refractivity contribution in [2.75, 3.05) is 5.32 Å². The maximum atomic E-state index is 12.0. The summed E-state index contributed by atoms with van der Waals surface area (Å²) in [6.07, 6.45) is 0.210. The van der Waals surface area contributed by atoms with E-state index in [0.717, 1.165) is 10.0 Å². The largest absolute Gasteiger partial charge is 0.325 e. The Morgan fingerprint density at radius 2 is 2.00 bits per heavy atom. The number of amides is 1. The van der Waals surface area contributed by atoms with Crippen molar-refractivity contribution in [2.24, 2.45) is 0 Å². The number of nitrogens with zero attached hydrogens (tertiary/aromatic N) is 1. The number of hydrogen-bond acceptors (Lipinski definition) is 3. The molecule has 0 unspecified atom stereocenters. The molecule has 0 bridgehead atoms. The van der Waals surface area contributed by atoms with Crippen molar-refractivity contribution < 1.29 is 9.72 Å². The van der Waals surface area contributed by atoms with E-state index in [4.69, 9.17) is 0 Å². The lowest BCUT2D eigenvalue weighted by atomic mass is 10.1. The van der Waals surface area contributed by atoms with Gasteiger partial charge in [-0.15, -0.1) is 0 Å². The van der Waals surface area contributed by atoms with Crippen LogP contribution >= 0.6 is 15.9 Å². The van der Waals surface area contributed by atoms with Crippen LogP contribution in [0, 0.1) is 17.0 Å². The smallest absolute Gasteiger partial charge is 0.274 e. The molecule has 0 saturated heterocycles. The van der Waals surface area contributed by atoms with Gasteiger partial charge in [0.2, 0.25) is 5.91 Å². The Bertz CT molecular complexity index is 701. The SMILES string of the molecule is Cc1c(NC(=O)Cc2cccc(Br)c2)cccc1[N+](=O)[O-]. The standard InChI is InChI=1S/C15H13BrN2O3/c1-10-13(6-3-7-14(10)18(20)21)17-15(19)9-11-4-2-5-12(16)8-11/h2-8H,9H2,1H3,(H,17,19). The zero-order chi connectivity index (χ0) is 15.4. The van der Waals surface area contributed by atoms with Crippen LogP contribution in [0.2, 0.25) is 0 Å². The Balaban J connectivity index is 2.13. The normalized spacial score (nSPS) is 10.2. The molecule has 0 aliphatic heterocycles. The van der Waals surface area contributed by atoms with Gasteiger partial charge in [-0.1, -0.05) is 34.1 Å². The average molecular weight is 349 g/mol. The minimum absolute atomic E-state index is 0.00439. The van der Waals surface area contributed by atoms with Crippen LogP contribution in [0.3, 0.4) is 0 Å². The van der Waals surface area contributed by atoms with E-state index in [1.807, 2.05) is 24.3 Å². The van der Waals surface area contributed by atoms with Crippen LogP contribution in [-0.4, -0.2) is 10.8 Å². The highest BCUT2D eigenvalue weighted by Crippen LogP contribution is 2.25. The molecule has 0 saturated carbocycles. The van der Waals surface area contributed by atoms with Crippen molar-refractivity contribution >= 4 is 33.2 Å². The number of carbonyl (C=O) groups is 1. The highest BCUT2D eigenvalue weighted by Gasteiger charge is 2.14. The predicted octanol–water partition coefficient (Wildman–Crippen LogP) is 3.85. The van der Waals surface area contributed by atoms with Gasteiger partial charge in [0.25, 0.3) is 5.69 Å². The van der Waals surface area contributed by atoms with E-state index in [9.17, 15) is 14.9 Å². The van der Waals surface area contributed by atoms with E-state index in [1.54, 1.807) is 19.1 Å². The second-order valence-corrected chi connectivity index (χ2v) is 5.48. The Morgan fingerprint density at radius 1 is 1.29 bits per heavy atom. The molecular formula is C15H13BrN2O3. The van der Waals surface area contributed by atoms with Gasteiger partial charge in [0.15, 0.2) is 0 Å². The van der Waals surface area contributed by atoms with Crippen LogP contribution in [0.1, 0.15) is 11.1 Å². The summed E-state index contributed by atoms with van der Waals surface area (Å²) in [5, 5.41) is 13.6. The quantitative estimate of drug-likeness (QED) is 0.673. The summed E-state index contributed by atoms with van der Waals surface area (Å²) in [7, 11) is 0. The van der Waals surface area contributed by atoms with Gasteiger partial charge in [0.1, 0.15) is 0 Å².